The van der Waals surface area contributed by atoms with Crippen molar-refractivity contribution in [2.45, 2.75) is 5.92 Å². The number of likely N-dealkylation sites (N-methyl/N-ethyl adjacent to an activating group) is 1. The van der Waals surface area contributed by atoms with Crippen LogP contribution in [0.3, 0.4) is 0 Å². The van der Waals surface area contributed by atoms with Gasteiger partial charge in [-0.25, -0.2) is 0 Å². The van der Waals surface area contributed by atoms with Crippen molar-refractivity contribution in [1.82, 2.24) is 4.90 Å². The molecular weight excluding hydrogens is 206 g/mol. The van der Waals surface area contributed by atoms with E-state index in [1.54, 1.807) is 7.05 Å². The maximum atomic E-state index is 11.2. The van der Waals surface area contributed by atoms with Crippen LogP contribution in [0, 0.1) is 0 Å². The maximum Gasteiger partial charge on any atom is 0.312 e. The average molecular weight is 223 g/mol. The van der Waals surface area contributed by atoms with E-state index in [0.29, 0.717) is 13.1 Å². The highest BCUT2D eigenvalue weighted by molar-refractivity contribution is 5.76. The largest absolute Gasteiger partial charge is 0.481 e. The molecule has 0 spiro atoms. The molecule has 1 rings (SSSR count). The molecule has 0 saturated carbocycles. The molecule has 0 fully saturated rings. The van der Waals surface area contributed by atoms with E-state index in [-0.39, 0.29) is 6.61 Å². The van der Waals surface area contributed by atoms with E-state index < -0.39 is 11.9 Å². The number of carbonyl (C=O) groups is 1. The van der Waals surface area contributed by atoms with Gasteiger partial charge < -0.3 is 15.1 Å². The standard InChI is InChI=1S/C12H17NO3/c1-13(7-8-14)9-11(12(15)16)10-5-3-2-4-6-10/h2-6,11,14H,7-9H2,1H3,(H,15,16). The van der Waals surface area contributed by atoms with Crippen molar-refractivity contribution in [2.24, 2.45) is 0 Å². The first kappa shape index (κ1) is 12.7. The summed E-state index contributed by atoms with van der Waals surface area (Å²) in [5, 5.41) is 17.9. The van der Waals surface area contributed by atoms with Crippen molar-refractivity contribution in [3.05, 3.63) is 35.9 Å². The Bertz CT molecular complexity index is 326. The van der Waals surface area contributed by atoms with E-state index >= 15 is 0 Å². The predicted molar refractivity (Wildman–Crippen MR) is 61.4 cm³/mol. The Morgan fingerprint density at radius 3 is 2.50 bits per heavy atom. The third-order valence-electron chi connectivity index (χ3n) is 2.48. The van der Waals surface area contributed by atoms with E-state index in [2.05, 4.69) is 0 Å². The summed E-state index contributed by atoms with van der Waals surface area (Å²) in [4.78, 5) is 13.0. The number of hydrogen-bond acceptors (Lipinski definition) is 3. The van der Waals surface area contributed by atoms with E-state index in [9.17, 15) is 4.79 Å². The molecule has 2 N–H and O–H groups in total. The number of nitrogens with zero attached hydrogens (tertiary/aromatic N) is 1. The van der Waals surface area contributed by atoms with Crippen molar-refractivity contribution in [1.29, 1.82) is 0 Å². The number of carboxylic acids is 1. The smallest absolute Gasteiger partial charge is 0.312 e. The zero-order chi connectivity index (χ0) is 12.0. The third kappa shape index (κ3) is 3.64. The Balaban J connectivity index is 2.73. The molecule has 0 bridgehead atoms. The quantitative estimate of drug-likeness (QED) is 0.748. The lowest BCUT2D eigenvalue weighted by molar-refractivity contribution is -0.139. The molecule has 0 aliphatic carbocycles. The van der Waals surface area contributed by atoms with Crippen LogP contribution in [0.15, 0.2) is 30.3 Å². The highest BCUT2D eigenvalue weighted by Gasteiger charge is 2.20. The molecular formula is C12H17NO3. The summed E-state index contributed by atoms with van der Waals surface area (Å²) in [6, 6.07) is 9.14. The summed E-state index contributed by atoms with van der Waals surface area (Å²) in [5.74, 6) is -1.38. The van der Waals surface area contributed by atoms with E-state index in [0.717, 1.165) is 5.56 Å². The molecule has 88 valence electrons. The molecule has 0 saturated heterocycles. The number of rotatable bonds is 6. The summed E-state index contributed by atoms with van der Waals surface area (Å²) in [5.41, 5.74) is 0.791. The molecule has 1 unspecified atom stereocenters. The summed E-state index contributed by atoms with van der Waals surface area (Å²) in [6.07, 6.45) is 0. The molecule has 4 nitrogen and oxygen atoms in total. The molecule has 0 amide bonds. The second-order valence-corrected chi connectivity index (χ2v) is 3.79. The van der Waals surface area contributed by atoms with E-state index in [1.165, 1.54) is 0 Å². The Hall–Kier alpha value is -1.39. The van der Waals surface area contributed by atoms with Crippen molar-refractivity contribution in [3.8, 4) is 0 Å². The van der Waals surface area contributed by atoms with Gasteiger partial charge in [-0.2, -0.15) is 0 Å². The number of carboxylic acid groups (broad SMARTS) is 1. The lowest BCUT2D eigenvalue weighted by atomic mass is 9.99. The maximum absolute atomic E-state index is 11.2. The Morgan fingerprint density at radius 2 is 2.00 bits per heavy atom. The van der Waals surface area contributed by atoms with Crippen LogP contribution in [0.5, 0.6) is 0 Å². The lowest BCUT2D eigenvalue weighted by Crippen LogP contribution is -2.30. The Kier molecular flexibility index (Phi) is 4.95. The number of aliphatic hydroxyl groups excluding tert-OH is 1. The highest BCUT2D eigenvalue weighted by atomic mass is 16.4. The first-order valence-corrected chi connectivity index (χ1v) is 5.22. The van der Waals surface area contributed by atoms with Gasteiger partial charge in [0.1, 0.15) is 0 Å². The lowest BCUT2D eigenvalue weighted by Gasteiger charge is -2.20. The third-order valence-corrected chi connectivity index (χ3v) is 2.48. The first-order valence-electron chi connectivity index (χ1n) is 5.22. The minimum Gasteiger partial charge on any atom is -0.481 e. The van der Waals surface area contributed by atoms with Crippen LogP contribution in [0.1, 0.15) is 11.5 Å². The van der Waals surface area contributed by atoms with Gasteiger partial charge in [-0.05, 0) is 12.6 Å². The summed E-state index contributed by atoms with van der Waals surface area (Å²) >= 11 is 0. The van der Waals surface area contributed by atoms with Gasteiger partial charge in [0.15, 0.2) is 0 Å². The van der Waals surface area contributed by atoms with Gasteiger partial charge in [0.25, 0.3) is 0 Å². The molecule has 1 aromatic rings. The monoisotopic (exact) mass is 223 g/mol. The SMILES string of the molecule is CN(CCO)CC(C(=O)O)c1ccccc1. The highest BCUT2D eigenvalue weighted by Crippen LogP contribution is 2.16. The second kappa shape index (κ2) is 6.25. The van der Waals surface area contributed by atoms with Gasteiger partial charge >= 0.3 is 5.97 Å². The zero-order valence-corrected chi connectivity index (χ0v) is 9.34. The van der Waals surface area contributed by atoms with E-state index in [4.69, 9.17) is 10.2 Å². The zero-order valence-electron chi connectivity index (χ0n) is 9.34. The number of aliphatic hydroxyl groups is 1. The van der Waals surface area contributed by atoms with Gasteiger partial charge in [-0.1, -0.05) is 30.3 Å². The van der Waals surface area contributed by atoms with Crippen molar-refractivity contribution in [2.75, 3.05) is 26.7 Å². The summed E-state index contributed by atoms with van der Waals surface area (Å²) in [6.45, 7) is 0.925. The van der Waals surface area contributed by atoms with Gasteiger partial charge in [0.2, 0.25) is 0 Å². The minimum atomic E-state index is -0.837. The van der Waals surface area contributed by atoms with Crippen LogP contribution >= 0.6 is 0 Å². The van der Waals surface area contributed by atoms with Crippen LogP contribution in [0.25, 0.3) is 0 Å². The van der Waals surface area contributed by atoms with Crippen molar-refractivity contribution >= 4 is 5.97 Å². The molecule has 1 aromatic carbocycles. The molecule has 16 heavy (non-hydrogen) atoms. The minimum absolute atomic E-state index is 0.0393. The van der Waals surface area contributed by atoms with Crippen LogP contribution in [-0.2, 0) is 4.79 Å². The number of hydrogen-bond donors (Lipinski definition) is 2. The topological polar surface area (TPSA) is 60.8 Å². The molecule has 0 aliphatic rings. The normalized spacial score (nSPS) is 12.7. The average Bonchev–Trinajstić information content (AvgIpc) is 2.27. The van der Waals surface area contributed by atoms with Gasteiger partial charge in [-0.3, -0.25) is 4.79 Å². The van der Waals surface area contributed by atoms with Crippen molar-refractivity contribution < 1.29 is 15.0 Å². The Morgan fingerprint density at radius 1 is 1.38 bits per heavy atom. The van der Waals surface area contributed by atoms with Crippen LogP contribution < -0.4 is 0 Å². The van der Waals surface area contributed by atoms with Gasteiger partial charge in [0, 0.05) is 13.1 Å². The molecule has 0 radical (unpaired) electrons. The number of benzene rings is 1. The van der Waals surface area contributed by atoms with Crippen LogP contribution in [0.2, 0.25) is 0 Å². The fourth-order valence-corrected chi connectivity index (χ4v) is 1.59. The van der Waals surface area contributed by atoms with E-state index in [1.807, 2.05) is 35.2 Å². The first-order chi connectivity index (χ1) is 7.65. The number of aliphatic carboxylic acids is 1. The fourth-order valence-electron chi connectivity index (χ4n) is 1.59. The van der Waals surface area contributed by atoms with Crippen LogP contribution in [0.4, 0.5) is 0 Å². The predicted octanol–water partition coefficient (Wildman–Crippen LogP) is 0.779. The summed E-state index contributed by atoms with van der Waals surface area (Å²) in [7, 11) is 1.80. The molecule has 0 aromatic heterocycles. The van der Waals surface area contributed by atoms with Crippen molar-refractivity contribution in [3.63, 3.8) is 0 Å². The second-order valence-electron chi connectivity index (χ2n) is 3.79. The van der Waals surface area contributed by atoms with Crippen LogP contribution in [-0.4, -0.2) is 47.8 Å². The molecule has 1 atom stereocenters. The molecule has 0 heterocycles. The van der Waals surface area contributed by atoms with Gasteiger partial charge in [0.05, 0.1) is 12.5 Å². The molecule has 4 heteroatoms. The molecule has 0 aliphatic heterocycles. The van der Waals surface area contributed by atoms with Gasteiger partial charge in [-0.15, -0.1) is 0 Å². The fraction of sp³-hybridized carbons (Fsp3) is 0.417. The summed E-state index contributed by atoms with van der Waals surface area (Å²) < 4.78 is 0. The Labute approximate surface area is 95.1 Å².